The highest BCUT2D eigenvalue weighted by atomic mass is 16.2. The molecule has 2 aromatic rings. The fraction of sp³-hybridized carbons (Fsp3) is 0.261. The summed E-state index contributed by atoms with van der Waals surface area (Å²) < 4.78 is 0. The molecule has 2 bridgehead atoms. The molecule has 28 heavy (non-hydrogen) atoms. The lowest BCUT2D eigenvalue weighted by Crippen LogP contribution is -2.48. The molecule has 2 saturated heterocycles. The minimum Gasteiger partial charge on any atom is -0.293 e. The van der Waals surface area contributed by atoms with Crippen LogP contribution < -0.4 is 4.90 Å². The second-order valence-corrected chi connectivity index (χ2v) is 7.75. The maximum Gasteiger partial charge on any atom is 0.239 e. The molecule has 140 valence electrons. The van der Waals surface area contributed by atoms with Gasteiger partial charge in [0, 0.05) is 12.6 Å². The number of ketones is 1. The molecule has 0 aliphatic carbocycles. The van der Waals surface area contributed by atoms with Crippen molar-refractivity contribution in [1.82, 2.24) is 4.90 Å². The van der Waals surface area contributed by atoms with Crippen molar-refractivity contribution in [2.24, 2.45) is 11.8 Å². The minimum atomic E-state index is -0.620. The Morgan fingerprint density at radius 1 is 0.857 bits per heavy atom. The number of benzene rings is 2. The van der Waals surface area contributed by atoms with E-state index in [4.69, 9.17) is 0 Å². The van der Waals surface area contributed by atoms with Gasteiger partial charge in [0.05, 0.1) is 23.6 Å². The number of anilines is 1. The van der Waals surface area contributed by atoms with Gasteiger partial charge in [-0.25, -0.2) is 4.90 Å². The Morgan fingerprint density at radius 2 is 1.54 bits per heavy atom. The van der Waals surface area contributed by atoms with Crippen LogP contribution in [-0.4, -0.2) is 34.6 Å². The molecule has 5 rings (SSSR count). The highest BCUT2D eigenvalue weighted by Crippen LogP contribution is 2.47. The van der Waals surface area contributed by atoms with Gasteiger partial charge in [-0.2, -0.15) is 0 Å². The van der Waals surface area contributed by atoms with Crippen LogP contribution in [0.5, 0.6) is 0 Å². The normalized spacial score (nSPS) is 28.9. The lowest BCUT2D eigenvalue weighted by molar-refractivity contribution is -0.129. The van der Waals surface area contributed by atoms with E-state index >= 15 is 0 Å². The van der Waals surface area contributed by atoms with Crippen molar-refractivity contribution < 1.29 is 14.4 Å². The second-order valence-electron chi connectivity index (χ2n) is 7.75. The molecule has 0 aromatic heterocycles. The zero-order valence-corrected chi connectivity index (χ0v) is 15.5. The van der Waals surface area contributed by atoms with Gasteiger partial charge >= 0.3 is 0 Å². The van der Waals surface area contributed by atoms with Crippen LogP contribution in [0.2, 0.25) is 0 Å². The van der Waals surface area contributed by atoms with Crippen LogP contribution in [0.3, 0.4) is 0 Å². The molecule has 0 spiro atoms. The third-order valence-electron chi connectivity index (χ3n) is 6.10. The average molecular weight is 372 g/mol. The van der Waals surface area contributed by atoms with Crippen LogP contribution in [0.4, 0.5) is 5.69 Å². The highest BCUT2D eigenvalue weighted by molar-refractivity contribution is 6.24. The van der Waals surface area contributed by atoms with E-state index in [1.165, 1.54) is 10.5 Å². The fourth-order valence-corrected chi connectivity index (χ4v) is 4.80. The van der Waals surface area contributed by atoms with E-state index in [-0.39, 0.29) is 23.6 Å². The number of imide groups is 1. The van der Waals surface area contributed by atoms with Crippen LogP contribution >= 0.6 is 0 Å². The van der Waals surface area contributed by atoms with Crippen molar-refractivity contribution in [2.75, 3.05) is 4.90 Å². The molecule has 3 aliphatic rings. The predicted molar refractivity (Wildman–Crippen MR) is 104 cm³/mol. The Labute approximate surface area is 163 Å². The van der Waals surface area contributed by atoms with E-state index in [1.807, 2.05) is 42.2 Å². The Balaban J connectivity index is 1.51. The van der Waals surface area contributed by atoms with Crippen molar-refractivity contribution in [3.8, 4) is 0 Å². The first-order valence-corrected chi connectivity index (χ1v) is 9.52. The molecule has 4 atom stereocenters. The minimum absolute atomic E-state index is 0.0908. The van der Waals surface area contributed by atoms with E-state index in [9.17, 15) is 14.4 Å². The molecule has 0 saturated carbocycles. The molecule has 2 amide bonds. The first kappa shape index (κ1) is 17.1. The van der Waals surface area contributed by atoms with Gasteiger partial charge in [-0.3, -0.25) is 19.3 Å². The monoisotopic (exact) mass is 372 g/mol. The van der Waals surface area contributed by atoms with Crippen molar-refractivity contribution in [3.05, 3.63) is 77.9 Å². The van der Waals surface area contributed by atoms with E-state index in [1.54, 1.807) is 36.4 Å². The number of carbonyl (C=O) groups excluding carboxylic acids is 3. The van der Waals surface area contributed by atoms with Gasteiger partial charge in [0.15, 0.2) is 5.78 Å². The molecular weight excluding hydrogens is 352 g/mol. The Bertz CT molecular complexity index is 996. The van der Waals surface area contributed by atoms with Crippen molar-refractivity contribution >= 4 is 23.3 Å². The van der Waals surface area contributed by atoms with Gasteiger partial charge < -0.3 is 0 Å². The summed E-state index contributed by atoms with van der Waals surface area (Å²) >= 11 is 0. The molecule has 0 radical (unpaired) electrons. The standard InChI is InChI=1S/C23H20N2O3/c1-14-7-9-15(10-8-14)13-24-17-11-12-18(26)21(24)20-19(17)22(27)25(23(20)28)16-5-3-2-4-6-16/h2-12,17,19-21H,13H2,1H3/t17-,19-,20-,21+/m0/s1. The molecule has 5 heteroatoms. The number of hydrogen-bond donors (Lipinski definition) is 0. The van der Waals surface area contributed by atoms with Crippen LogP contribution in [0.1, 0.15) is 11.1 Å². The van der Waals surface area contributed by atoms with Crippen molar-refractivity contribution in [2.45, 2.75) is 25.6 Å². The highest BCUT2D eigenvalue weighted by Gasteiger charge is 2.64. The SMILES string of the molecule is Cc1ccc(CN2[C@@H]3C(=O)C=C[C@H]2[C@@H]2C(=O)N(c4ccccc4)C(=O)[C@@H]23)cc1. The number of fused-ring (bicyclic) bond motifs is 5. The van der Waals surface area contributed by atoms with Crippen molar-refractivity contribution in [3.63, 3.8) is 0 Å². The number of carbonyl (C=O) groups is 3. The Hall–Kier alpha value is -3.05. The summed E-state index contributed by atoms with van der Waals surface area (Å²) in [5.74, 6) is -1.69. The second kappa shape index (κ2) is 6.24. The predicted octanol–water partition coefficient (Wildman–Crippen LogP) is 2.49. The molecule has 5 nitrogen and oxygen atoms in total. The maximum atomic E-state index is 13.2. The third-order valence-corrected chi connectivity index (χ3v) is 6.10. The van der Waals surface area contributed by atoms with E-state index in [0.29, 0.717) is 12.2 Å². The van der Waals surface area contributed by atoms with Gasteiger partial charge in [-0.15, -0.1) is 0 Å². The zero-order valence-electron chi connectivity index (χ0n) is 15.5. The summed E-state index contributed by atoms with van der Waals surface area (Å²) in [4.78, 5) is 42.5. The van der Waals surface area contributed by atoms with Crippen LogP contribution in [0, 0.1) is 18.8 Å². The molecule has 0 N–H and O–H groups in total. The van der Waals surface area contributed by atoms with E-state index < -0.39 is 17.9 Å². The summed E-state index contributed by atoms with van der Waals surface area (Å²) in [6.45, 7) is 2.57. The number of aryl methyl sites for hydroxylation is 1. The third kappa shape index (κ3) is 2.39. The summed E-state index contributed by atoms with van der Waals surface area (Å²) in [7, 11) is 0. The molecular formula is C23H20N2O3. The largest absolute Gasteiger partial charge is 0.293 e. The summed E-state index contributed by atoms with van der Waals surface area (Å²) in [5.41, 5.74) is 2.82. The number of hydrogen-bond acceptors (Lipinski definition) is 4. The van der Waals surface area contributed by atoms with Gasteiger partial charge in [-0.1, -0.05) is 54.1 Å². The van der Waals surface area contributed by atoms with Crippen LogP contribution in [-0.2, 0) is 20.9 Å². The van der Waals surface area contributed by atoms with Gasteiger partial charge in [-0.05, 0) is 30.7 Å². The molecule has 3 heterocycles. The quantitative estimate of drug-likeness (QED) is 0.777. The average Bonchev–Trinajstić information content (AvgIpc) is 3.08. The lowest BCUT2D eigenvalue weighted by Gasteiger charge is -2.33. The van der Waals surface area contributed by atoms with E-state index in [2.05, 4.69) is 0 Å². The van der Waals surface area contributed by atoms with Crippen molar-refractivity contribution in [1.29, 1.82) is 0 Å². The van der Waals surface area contributed by atoms with Crippen LogP contribution in [0.15, 0.2) is 66.7 Å². The summed E-state index contributed by atoms with van der Waals surface area (Å²) in [6, 6.07) is 16.3. The summed E-state index contributed by atoms with van der Waals surface area (Å²) in [6.07, 6.45) is 3.35. The molecule has 0 unspecified atom stereocenters. The van der Waals surface area contributed by atoms with Crippen LogP contribution in [0.25, 0.3) is 0 Å². The first-order valence-electron chi connectivity index (χ1n) is 9.52. The maximum absolute atomic E-state index is 13.2. The van der Waals surface area contributed by atoms with Gasteiger partial charge in [0.25, 0.3) is 0 Å². The number of nitrogens with zero attached hydrogens (tertiary/aromatic N) is 2. The number of rotatable bonds is 3. The Morgan fingerprint density at radius 3 is 2.25 bits per heavy atom. The Kier molecular flexibility index (Phi) is 3.81. The number of amides is 2. The molecule has 3 aliphatic heterocycles. The van der Waals surface area contributed by atoms with Gasteiger partial charge in [0.2, 0.25) is 11.8 Å². The number of para-hydroxylation sites is 1. The molecule has 2 aromatic carbocycles. The first-order chi connectivity index (χ1) is 13.6. The summed E-state index contributed by atoms with van der Waals surface area (Å²) in [5, 5.41) is 0. The topological polar surface area (TPSA) is 57.7 Å². The van der Waals surface area contributed by atoms with Gasteiger partial charge in [0.1, 0.15) is 0 Å². The molecule has 2 fully saturated rings. The fourth-order valence-electron chi connectivity index (χ4n) is 4.80. The van der Waals surface area contributed by atoms with E-state index in [0.717, 1.165) is 5.56 Å². The zero-order chi connectivity index (χ0) is 19.4. The lowest BCUT2D eigenvalue weighted by atomic mass is 9.90. The smallest absolute Gasteiger partial charge is 0.239 e.